The Morgan fingerprint density at radius 3 is 2.53 bits per heavy atom. The van der Waals surface area contributed by atoms with Crippen LogP contribution in [0.3, 0.4) is 0 Å². The molecule has 0 spiro atoms. The highest BCUT2D eigenvalue weighted by Crippen LogP contribution is 2.06. The summed E-state index contributed by atoms with van der Waals surface area (Å²) in [7, 11) is -3.36. The molecule has 0 aliphatic heterocycles. The van der Waals surface area contributed by atoms with Gasteiger partial charge in [-0.1, -0.05) is 0 Å². The number of H-pyrrole nitrogens is 1. The largest absolute Gasteiger partial charge is 0.494 e. The number of nitrogens with zero attached hydrogens (tertiary/aromatic N) is 1. The third kappa shape index (κ3) is 3.43. The summed E-state index contributed by atoms with van der Waals surface area (Å²) < 4.78 is 24.6. The lowest BCUT2D eigenvalue weighted by Gasteiger charge is -2.09. The van der Waals surface area contributed by atoms with E-state index in [4.69, 9.17) is 0 Å². The average Bonchev–Trinajstić information content (AvgIpc) is 2.18. The second-order valence-electron chi connectivity index (χ2n) is 3.53. The van der Waals surface area contributed by atoms with Crippen LogP contribution in [0.25, 0.3) is 0 Å². The second kappa shape index (κ2) is 4.72. The van der Waals surface area contributed by atoms with E-state index >= 15 is 0 Å². The fourth-order valence-electron chi connectivity index (χ4n) is 1.21. The van der Waals surface area contributed by atoms with Crippen LogP contribution in [0.4, 0.5) is 0 Å². The van der Waals surface area contributed by atoms with Gasteiger partial charge in [0.25, 0.3) is 5.56 Å². The summed E-state index contributed by atoms with van der Waals surface area (Å²) >= 11 is 0. The van der Waals surface area contributed by atoms with Crippen molar-refractivity contribution in [3.05, 3.63) is 26.4 Å². The van der Waals surface area contributed by atoms with Crippen molar-refractivity contribution < 1.29 is 13.5 Å². The van der Waals surface area contributed by atoms with E-state index in [2.05, 4.69) is 4.72 Å². The maximum absolute atomic E-state index is 11.3. The molecular formula is C8H13N3O5S. The van der Waals surface area contributed by atoms with Crippen molar-refractivity contribution in [2.45, 2.75) is 13.5 Å². The van der Waals surface area contributed by atoms with Gasteiger partial charge in [0.05, 0.1) is 11.8 Å². The van der Waals surface area contributed by atoms with Gasteiger partial charge >= 0.3 is 5.69 Å². The Morgan fingerprint density at radius 2 is 2.00 bits per heavy atom. The van der Waals surface area contributed by atoms with Crippen LogP contribution in [0.5, 0.6) is 5.88 Å². The lowest BCUT2D eigenvalue weighted by molar-refractivity contribution is 0.395. The number of hydrogen-bond acceptors (Lipinski definition) is 5. The van der Waals surface area contributed by atoms with Gasteiger partial charge < -0.3 is 5.11 Å². The Balaban J connectivity index is 2.97. The van der Waals surface area contributed by atoms with Crippen LogP contribution in [-0.4, -0.2) is 35.9 Å². The van der Waals surface area contributed by atoms with Crippen molar-refractivity contribution in [2.75, 3.05) is 12.8 Å². The molecule has 0 aliphatic rings. The molecule has 0 saturated carbocycles. The van der Waals surface area contributed by atoms with Gasteiger partial charge in [-0.25, -0.2) is 17.9 Å². The molecule has 9 heteroatoms. The average molecular weight is 263 g/mol. The number of aromatic hydroxyl groups is 1. The quantitative estimate of drug-likeness (QED) is 0.586. The van der Waals surface area contributed by atoms with Gasteiger partial charge in [0, 0.05) is 13.1 Å². The van der Waals surface area contributed by atoms with Gasteiger partial charge in [-0.15, -0.1) is 0 Å². The minimum Gasteiger partial charge on any atom is -0.494 e. The third-order valence-corrected chi connectivity index (χ3v) is 2.83. The number of aromatic amines is 1. The van der Waals surface area contributed by atoms with E-state index < -0.39 is 27.2 Å². The zero-order valence-electron chi connectivity index (χ0n) is 9.35. The molecule has 8 nitrogen and oxygen atoms in total. The smallest absolute Gasteiger partial charge is 0.331 e. The van der Waals surface area contributed by atoms with Crippen LogP contribution >= 0.6 is 0 Å². The minimum atomic E-state index is -3.36. The molecule has 0 aromatic carbocycles. The van der Waals surface area contributed by atoms with Gasteiger partial charge in [0.2, 0.25) is 15.9 Å². The molecular weight excluding hydrogens is 250 g/mol. The van der Waals surface area contributed by atoms with Crippen molar-refractivity contribution in [1.82, 2.24) is 14.3 Å². The standard InChI is InChI=1S/C8H13N3O5S/c1-5-6(12)10-8(14)11(7(5)13)4-3-9-17(2,15)16/h9,13H,3-4H2,1-2H3,(H,10,12,14). The van der Waals surface area contributed by atoms with Crippen LogP contribution in [0.15, 0.2) is 9.59 Å². The van der Waals surface area contributed by atoms with Crippen LogP contribution in [0.2, 0.25) is 0 Å². The molecule has 1 aromatic rings. The molecule has 1 aromatic heterocycles. The van der Waals surface area contributed by atoms with Crippen LogP contribution in [0.1, 0.15) is 5.56 Å². The molecule has 1 heterocycles. The number of sulfonamides is 1. The molecule has 0 unspecified atom stereocenters. The van der Waals surface area contributed by atoms with Crippen LogP contribution in [0, 0.1) is 6.92 Å². The Morgan fingerprint density at radius 1 is 1.41 bits per heavy atom. The topological polar surface area (TPSA) is 121 Å². The van der Waals surface area contributed by atoms with Gasteiger partial charge in [0.15, 0.2) is 0 Å². The zero-order valence-corrected chi connectivity index (χ0v) is 10.2. The van der Waals surface area contributed by atoms with Gasteiger partial charge in [-0.05, 0) is 6.92 Å². The third-order valence-electron chi connectivity index (χ3n) is 2.10. The molecule has 0 aliphatic carbocycles. The Kier molecular flexibility index (Phi) is 3.73. The molecule has 0 bridgehead atoms. The van der Waals surface area contributed by atoms with Gasteiger partial charge in [-0.3, -0.25) is 14.3 Å². The van der Waals surface area contributed by atoms with Crippen LogP contribution in [-0.2, 0) is 16.6 Å². The summed E-state index contributed by atoms with van der Waals surface area (Å²) in [5.74, 6) is -0.464. The van der Waals surface area contributed by atoms with Crippen molar-refractivity contribution in [1.29, 1.82) is 0 Å². The highest BCUT2D eigenvalue weighted by molar-refractivity contribution is 7.88. The summed E-state index contributed by atoms with van der Waals surface area (Å²) in [4.78, 5) is 24.5. The number of rotatable bonds is 4. The summed E-state index contributed by atoms with van der Waals surface area (Å²) in [5, 5.41) is 9.55. The Hall–Kier alpha value is -1.61. The monoisotopic (exact) mass is 263 g/mol. The van der Waals surface area contributed by atoms with Crippen molar-refractivity contribution in [3.63, 3.8) is 0 Å². The highest BCUT2D eigenvalue weighted by atomic mass is 32.2. The lowest BCUT2D eigenvalue weighted by Crippen LogP contribution is -2.35. The molecule has 17 heavy (non-hydrogen) atoms. The first-order valence-corrected chi connectivity index (χ1v) is 6.59. The molecule has 0 atom stereocenters. The number of aromatic nitrogens is 2. The second-order valence-corrected chi connectivity index (χ2v) is 5.36. The molecule has 3 N–H and O–H groups in total. The SMILES string of the molecule is Cc1c(O)n(CCNS(C)(=O)=O)c(=O)[nH]c1=O. The molecule has 96 valence electrons. The van der Waals surface area contributed by atoms with Crippen molar-refractivity contribution in [2.24, 2.45) is 0 Å². The van der Waals surface area contributed by atoms with Gasteiger partial charge in [0.1, 0.15) is 0 Å². The van der Waals surface area contributed by atoms with Crippen molar-refractivity contribution in [3.8, 4) is 5.88 Å². The fourth-order valence-corrected chi connectivity index (χ4v) is 1.67. The van der Waals surface area contributed by atoms with E-state index in [-0.39, 0.29) is 18.7 Å². The maximum Gasteiger partial charge on any atom is 0.331 e. The molecule has 1 rings (SSSR count). The van der Waals surface area contributed by atoms with E-state index in [1.807, 2.05) is 4.98 Å². The predicted octanol–water partition coefficient (Wildman–Crippen LogP) is -1.90. The summed E-state index contributed by atoms with van der Waals surface area (Å²) in [6, 6.07) is 0. The first-order valence-electron chi connectivity index (χ1n) is 4.69. The van der Waals surface area contributed by atoms with E-state index in [9.17, 15) is 23.1 Å². The lowest BCUT2D eigenvalue weighted by atomic mass is 10.3. The van der Waals surface area contributed by atoms with Crippen molar-refractivity contribution >= 4 is 10.0 Å². The van der Waals surface area contributed by atoms with E-state index in [1.54, 1.807) is 0 Å². The fraction of sp³-hybridized carbons (Fsp3) is 0.500. The van der Waals surface area contributed by atoms with E-state index in [1.165, 1.54) is 6.92 Å². The zero-order chi connectivity index (χ0) is 13.2. The predicted molar refractivity (Wildman–Crippen MR) is 60.6 cm³/mol. The van der Waals surface area contributed by atoms with Gasteiger partial charge in [-0.2, -0.15) is 0 Å². The highest BCUT2D eigenvalue weighted by Gasteiger charge is 2.10. The maximum atomic E-state index is 11.3. The number of hydrogen-bond donors (Lipinski definition) is 3. The first-order chi connectivity index (χ1) is 7.72. The summed E-state index contributed by atoms with van der Waals surface area (Å²) in [6.45, 7) is 1.22. The van der Waals surface area contributed by atoms with Crippen LogP contribution < -0.4 is 16.0 Å². The van der Waals surface area contributed by atoms with E-state index in [0.29, 0.717) is 0 Å². The first kappa shape index (κ1) is 13.5. The molecule has 0 fully saturated rings. The molecule has 0 radical (unpaired) electrons. The number of nitrogens with one attached hydrogen (secondary N) is 2. The summed E-state index contributed by atoms with van der Waals surface area (Å²) in [6.07, 6.45) is 0.980. The Labute approximate surface area is 97.0 Å². The normalized spacial score (nSPS) is 11.6. The summed E-state index contributed by atoms with van der Waals surface area (Å²) in [5.41, 5.74) is -1.45. The minimum absolute atomic E-state index is 0.00366. The molecule has 0 saturated heterocycles. The Bertz CT molecular complexity index is 628. The molecule has 0 amide bonds. The van der Waals surface area contributed by atoms with E-state index in [0.717, 1.165) is 10.8 Å².